The van der Waals surface area contributed by atoms with E-state index in [-0.39, 0.29) is 6.42 Å². The summed E-state index contributed by atoms with van der Waals surface area (Å²) in [5, 5.41) is -0.778. The van der Waals surface area contributed by atoms with Gasteiger partial charge in [0.25, 0.3) is 0 Å². The highest BCUT2D eigenvalue weighted by molar-refractivity contribution is 6.28. The van der Waals surface area contributed by atoms with Crippen LogP contribution in [0.15, 0.2) is 0 Å². The summed E-state index contributed by atoms with van der Waals surface area (Å²) in [5.41, 5.74) is -0.517. The summed E-state index contributed by atoms with van der Waals surface area (Å²) in [6.45, 7) is 5.28. The zero-order valence-corrected chi connectivity index (χ0v) is 8.22. The lowest BCUT2D eigenvalue weighted by Crippen LogP contribution is -2.25. The van der Waals surface area contributed by atoms with Crippen LogP contribution in [0.2, 0.25) is 0 Å². The van der Waals surface area contributed by atoms with Crippen LogP contribution in [0, 0.1) is 0 Å². The van der Waals surface area contributed by atoms with Gasteiger partial charge in [-0.3, -0.25) is 4.79 Å². The molecule has 0 fully saturated rings. The van der Waals surface area contributed by atoms with E-state index in [2.05, 4.69) is 0 Å². The van der Waals surface area contributed by atoms with Gasteiger partial charge in [0.15, 0.2) is 0 Å². The number of carbonyl (C=O) groups is 2. The van der Waals surface area contributed by atoms with Crippen molar-refractivity contribution in [3.8, 4) is 0 Å². The van der Waals surface area contributed by atoms with Gasteiger partial charge in [0.2, 0.25) is 0 Å². The third kappa shape index (κ3) is 6.16. The number of carbonyl (C=O) groups excluding carboxylic acids is 2. The molecule has 0 aromatic rings. The van der Waals surface area contributed by atoms with Crippen LogP contribution >= 0.6 is 11.6 Å². The molecule has 0 heterocycles. The fourth-order valence-corrected chi connectivity index (χ4v) is 0.716. The average Bonchev–Trinajstić information content (AvgIpc) is 1.82. The Morgan fingerprint density at radius 3 is 2.42 bits per heavy atom. The number of hydrogen-bond donors (Lipinski definition) is 0. The number of ether oxygens (including phenoxy) is 1. The van der Waals surface area contributed by atoms with Crippen LogP contribution in [0.25, 0.3) is 0 Å². The van der Waals surface area contributed by atoms with Gasteiger partial charge in [0.05, 0.1) is 11.8 Å². The maximum atomic E-state index is 11.0. The second kappa shape index (κ2) is 4.45. The first kappa shape index (κ1) is 11.4. The molecular formula is C8H13ClO3. The molecule has 0 aromatic heterocycles. The second-order valence-electron chi connectivity index (χ2n) is 3.44. The van der Waals surface area contributed by atoms with Gasteiger partial charge in [-0.15, -0.1) is 11.6 Å². The quantitative estimate of drug-likeness (QED) is 0.387. The molecule has 1 atom stereocenters. The maximum absolute atomic E-state index is 11.0. The van der Waals surface area contributed by atoms with Gasteiger partial charge in [0, 0.05) is 0 Å². The normalized spacial score (nSPS) is 13.7. The highest BCUT2D eigenvalue weighted by Crippen LogP contribution is 2.10. The van der Waals surface area contributed by atoms with Gasteiger partial charge >= 0.3 is 5.97 Å². The molecule has 1 unspecified atom stereocenters. The molecule has 3 nitrogen and oxygen atoms in total. The monoisotopic (exact) mass is 192 g/mol. The van der Waals surface area contributed by atoms with Crippen molar-refractivity contribution in [3.63, 3.8) is 0 Å². The molecule has 0 amide bonds. The topological polar surface area (TPSA) is 43.4 Å². The van der Waals surface area contributed by atoms with Crippen molar-refractivity contribution in [3.05, 3.63) is 0 Å². The summed E-state index contributed by atoms with van der Waals surface area (Å²) in [4.78, 5) is 21.0. The molecule has 0 saturated heterocycles. The molecule has 4 heteroatoms. The van der Waals surface area contributed by atoms with Gasteiger partial charge in [-0.25, -0.2) is 0 Å². The largest absolute Gasteiger partial charge is 0.460 e. The Hall–Kier alpha value is -0.570. The smallest absolute Gasteiger partial charge is 0.308 e. The molecule has 0 rings (SSSR count). The van der Waals surface area contributed by atoms with Crippen LogP contribution in [-0.2, 0) is 14.3 Å². The minimum atomic E-state index is -0.778. The summed E-state index contributed by atoms with van der Waals surface area (Å²) in [6, 6.07) is 0. The molecular weight excluding hydrogens is 180 g/mol. The summed E-state index contributed by atoms with van der Waals surface area (Å²) in [6.07, 6.45) is 0.452. The zero-order chi connectivity index (χ0) is 9.78. The minimum Gasteiger partial charge on any atom is -0.460 e. The predicted molar refractivity (Wildman–Crippen MR) is 46.2 cm³/mol. The van der Waals surface area contributed by atoms with Crippen molar-refractivity contribution in [2.75, 3.05) is 0 Å². The number of alkyl halides is 1. The summed E-state index contributed by atoms with van der Waals surface area (Å²) >= 11 is 5.42. The van der Waals surface area contributed by atoms with Gasteiger partial charge in [0.1, 0.15) is 11.9 Å². The lowest BCUT2D eigenvalue weighted by atomic mass is 10.2. The van der Waals surface area contributed by atoms with Gasteiger partial charge < -0.3 is 9.53 Å². The zero-order valence-electron chi connectivity index (χ0n) is 7.46. The molecule has 0 aliphatic heterocycles. The highest BCUT2D eigenvalue weighted by atomic mass is 35.5. The van der Waals surface area contributed by atoms with E-state index in [1.54, 1.807) is 20.8 Å². The molecule has 0 aliphatic rings. The van der Waals surface area contributed by atoms with E-state index in [4.69, 9.17) is 16.3 Å². The molecule has 0 N–H and O–H groups in total. The van der Waals surface area contributed by atoms with Crippen molar-refractivity contribution in [1.29, 1.82) is 0 Å². The summed E-state index contributed by atoms with van der Waals surface area (Å²) < 4.78 is 4.93. The van der Waals surface area contributed by atoms with Crippen molar-refractivity contribution in [2.45, 2.75) is 38.2 Å². The summed E-state index contributed by atoms with van der Waals surface area (Å²) in [5.74, 6) is -0.449. The Balaban J connectivity index is 3.82. The van der Waals surface area contributed by atoms with Crippen molar-refractivity contribution < 1.29 is 14.3 Å². The highest BCUT2D eigenvalue weighted by Gasteiger charge is 2.18. The number of aldehydes is 1. The van der Waals surface area contributed by atoms with E-state index in [1.807, 2.05) is 0 Å². The lowest BCUT2D eigenvalue weighted by Gasteiger charge is -2.19. The Bertz CT molecular complexity index is 172. The van der Waals surface area contributed by atoms with Crippen LogP contribution in [0.4, 0.5) is 0 Å². The average molecular weight is 193 g/mol. The molecule has 0 bridgehead atoms. The van der Waals surface area contributed by atoms with E-state index < -0.39 is 16.9 Å². The van der Waals surface area contributed by atoms with Crippen LogP contribution < -0.4 is 0 Å². The third-order valence-corrected chi connectivity index (χ3v) is 1.19. The number of hydrogen-bond acceptors (Lipinski definition) is 3. The fourth-order valence-electron chi connectivity index (χ4n) is 0.591. The Kier molecular flexibility index (Phi) is 4.24. The molecule has 0 radical (unpaired) electrons. The molecule has 0 saturated carbocycles. The Morgan fingerprint density at radius 1 is 1.58 bits per heavy atom. The van der Waals surface area contributed by atoms with Crippen molar-refractivity contribution in [2.24, 2.45) is 0 Å². The van der Waals surface area contributed by atoms with E-state index >= 15 is 0 Å². The van der Waals surface area contributed by atoms with E-state index in [9.17, 15) is 9.59 Å². The molecule has 0 aliphatic carbocycles. The van der Waals surface area contributed by atoms with E-state index in [1.165, 1.54) is 0 Å². The summed E-state index contributed by atoms with van der Waals surface area (Å²) in [7, 11) is 0. The van der Waals surface area contributed by atoms with Crippen molar-refractivity contribution >= 4 is 23.9 Å². The first-order valence-electron chi connectivity index (χ1n) is 3.66. The predicted octanol–water partition coefficient (Wildman–Crippen LogP) is 1.52. The molecule has 70 valence electrons. The number of rotatable bonds is 3. The standard InChI is InChI=1S/C8H13ClO3/c1-8(2,3)12-7(11)4-6(9)5-10/h5-6H,4H2,1-3H3. The van der Waals surface area contributed by atoms with Crippen LogP contribution in [0.3, 0.4) is 0 Å². The first-order valence-corrected chi connectivity index (χ1v) is 4.10. The molecule has 0 aromatic carbocycles. The SMILES string of the molecule is CC(C)(C)OC(=O)CC(Cl)C=O. The van der Waals surface area contributed by atoms with Crippen LogP contribution in [0.5, 0.6) is 0 Å². The van der Waals surface area contributed by atoms with Crippen LogP contribution in [-0.4, -0.2) is 23.2 Å². The Morgan fingerprint density at radius 2 is 2.08 bits per heavy atom. The van der Waals surface area contributed by atoms with Crippen LogP contribution in [0.1, 0.15) is 27.2 Å². The molecule has 0 spiro atoms. The van der Waals surface area contributed by atoms with E-state index in [0.717, 1.165) is 0 Å². The van der Waals surface area contributed by atoms with Gasteiger partial charge in [-0.1, -0.05) is 0 Å². The maximum Gasteiger partial charge on any atom is 0.308 e. The second-order valence-corrected chi connectivity index (χ2v) is 4.00. The van der Waals surface area contributed by atoms with Gasteiger partial charge in [-0.2, -0.15) is 0 Å². The number of esters is 1. The molecule has 12 heavy (non-hydrogen) atoms. The number of halogens is 1. The fraction of sp³-hybridized carbons (Fsp3) is 0.750. The first-order chi connectivity index (χ1) is 5.35. The lowest BCUT2D eigenvalue weighted by molar-refractivity contribution is -0.155. The van der Waals surface area contributed by atoms with E-state index in [0.29, 0.717) is 6.29 Å². The van der Waals surface area contributed by atoms with Crippen molar-refractivity contribution in [1.82, 2.24) is 0 Å². The third-order valence-electron chi connectivity index (χ3n) is 0.929. The minimum absolute atomic E-state index is 0.0671. The Labute approximate surface area is 77.0 Å². The van der Waals surface area contributed by atoms with Gasteiger partial charge in [-0.05, 0) is 20.8 Å².